The Kier molecular flexibility index (Phi) is 6.08. The van der Waals surface area contributed by atoms with Gasteiger partial charge in [0.2, 0.25) is 5.89 Å². The number of aromatic nitrogens is 1. The highest BCUT2D eigenvalue weighted by atomic mass is 16.5. The summed E-state index contributed by atoms with van der Waals surface area (Å²) >= 11 is 0. The first-order valence-corrected chi connectivity index (χ1v) is 10.0. The van der Waals surface area contributed by atoms with E-state index in [1.165, 1.54) is 6.92 Å². The van der Waals surface area contributed by atoms with Crippen LogP contribution in [0.15, 0.2) is 83.3 Å². The maximum Gasteiger partial charge on any atom is 0.408 e. The van der Waals surface area contributed by atoms with E-state index >= 15 is 0 Å². The Balaban J connectivity index is 1.38. The van der Waals surface area contributed by atoms with Gasteiger partial charge in [0.25, 0.3) is 0 Å². The molecule has 0 aliphatic rings. The molecule has 0 aliphatic carbocycles. The molecule has 4 aromatic rings. The lowest BCUT2D eigenvalue weighted by molar-refractivity contribution is -0.118. The SMILES string of the molecule is CC(=O)C(Cc1ccccc1)NC(=O)OCc1ccc2oc(-c3ccccc3)nc2c1. The summed E-state index contributed by atoms with van der Waals surface area (Å²) in [6.45, 7) is 1.52. The first-order valence-electron chi connectivity index (χ1n) is 10.0. The second kappa shape index (κ2) is 9.26. The van der Waals surface area contributed by atoms with Crippen molar-refractivity contribution < 1.29 is 18.7 Å². The molecular formula is C25H22N2O4. The maximum atomic E-state index is 12.3. The normalized spacial score (nSPS) is 11.8. The van der Waals surface area contributed by atoms with Crippen molar-refractivity contribution in [3.63, 3.8) is 0 Å². The highest BCUT2D eigenvalue weighted by Crippen LogP contribution is 2.24. The first-order chi connectivity index (χ1) is 15.1. The predicted octanol–water partition coefficient (Wildman–Crippen LogP) is 4.92. The third-order valence-corrected chi connectivity index (χ3v) is 4.91. The number of amides is 1. The minimum absolute atomic E-state index is 0.0608. The zero-order chi connectivity index (χ0) is 21.6. The molecule has 4 rings (SSSR count). The van der Waals surface area contributed by atoms with Crippen LogP contribution in [0.5, 0.6) is 0 Å². The first kappa shape index (κ1) is 20.3. The van der Waals surface area contributed by atoms with Gasteiger partial charge in [-0.25, -0.2) is 9.78 Å². The minimum Gasteiger partial charge on any atom is -0.445 e. The van der Waals surface area contributed by atoms with Crippen molar-refractivity contribution >= 4 is 23.0 Å². The number of ketones is 1. The van der Waals surface area contributed by atoms with E-state index in [0.29, 0.717) is 23.4 Å². The number of nitrogens with zero attached hydrogens (tertiary/aromatic N) is 1. The van der Waals surface area contributed by atoms with Crippen LogP contribution in [0.1, 0.15) is 18.1 Å². The smallest absolute Gasteiger partial charge is 0.408 e. The van der Waals surface area contributed by atoms with E-state index in [1.54, 1.807) is 6.07 Å². The van der Waals surface area contributed by atoms with Gasteiger partial charge in [0.15, 0.2) is 11.4 Å². The van der Waals surface area contributed by atoms with Crippen LogP contribution >= 0.6 is 0 Å². The average Bonchev–Trinajstić information content (AvgIpc) is 3.22. The summed E-state index contributed by atoms with van der Waals surface area (Å²) < 4.78 is 11.1. The van der Waals surface area contributed by atoms with Crippen LogP contribution in [0.2, 0.25) is 0 Å². The molecular weight excluding hydrogens is 392 g/mol. The van der Waals surface area contributed by atoms with Crippen molar-refractivity contribution in [1.29, 1.82) is 0 Å². The minimum atomic E-state index is -0.638. The van der Waals surface area contributed by atoms with Crippen molar-refractivity contribution in [2.45, 2.75) is 26.0 Å². The maximum absolute atomic E-state index is 12.3. The quantitative estimate of drug-likeness (QED) is 0.464. The van der Waals surface area contributed by atoms with Crippen LogP contribution in [0.3, 0.4) is 0 Å². The van der Waals surface area contributed by atoms with Crippen molar-refractivity contribution in [2.75, 3.05) is 0 Å². The number of fused-ring (bicyclic) bond motifs is 1. The van der Waals surface area contributed by atoms with Gasteiger partial charge in [0, 0.05) is 5.56 Å². The summed E-state index contributed by atoms with van der Waals surface area (Å²) in [5, 5.41) is 2.65. The van der Waals surface area contributed by atoms with Gasteiger partial charge in [-0.1, -0.05) is 54.6 Å². The van der Waals surface area contributed by atoms with Crippen molar-refractivity contribution in [3.05, 3.63) is 90.0 Å². The lowest BCUT2D eigenvalue weighted by atomic mass is 10.0. The molecule has 6 nitrogen and oxygen atoms in total. The number of alkyl carbamates (subject to hydrolysis) is 1. The van der Waals surface area contributed by atoms with Gasteiger partial charge < -0.3 is 14.5 Å². The van der Waals surface area contributed by atoms with E-state index in [-0.39, 0.29) is 12.4 Å². The monoisotopic (exact) mass is 414 g/mol. The number of Topliss-reactive ketones (excluding diaryl/α,β-unsaturated/α-hetero) is 1. The topological polar surface area (TPSA) is 81.4 Å². The second-order valence-electron chi connectivity index (χ2n) is 7.26. The third kappa shape index (κ3) is 5.17. The molecule has 1 heterocycles. The highest BCUT2D eigenvalue weighted by molar-refractivity contribution is 5.85. The molecule has 0 radical (unpaired) electrons. The van der Waals surface area contributed by atoms with E-state index in [1.807, 2.05) is 72.8 Å². The van der Waals surface area contributed by atoms with Crippen LogP contribution in [-0.4, -0.2) is 22.9 Å². The van der Waals surface area contributed by atoms with Crippen LogP contribution < -0.4 is 5.32 Å². The summed E-state index contributed by atoms with van der Waals surface area (Å²) in [5.41, 5.74) is 3.98. The zero-order valence-corrected chi connectivity index (χ0v) is 17.1. The lowest BCUT2D eigenvalue weighted by Crippen LogP contribution is -2.41. The number of rotatable bonds is 7. The molecule has 31 heavy (non-hydrogen) atoms. The van der Waals surface area contributed by atoms with Crippen LogP contribution in [0.4, 0.5) is 4.79 Å². The number of carbonyl (C=O) groups excluding carboxylic acids is 2. The van der Waals surface area contributed by atoms with Gasteiger partial charge >= 0.3 is 6.09 Å². The standard InChI is InChI=1S/C25H22N2O4/c1-17(28)21(14-18-8-4-2-5-9-18)27-25(29)30-16-19-12-13-23-22(15-19)26-24(31-23)20-10-6-3-7-11-20/h2-13,15,21H,14,16H2,1H3,(H,27,29). The van der Waals surface area contributed by atoms with E-state index in [0.717, 1.165) is 16.7 Å². The number of hydrogen-bond donors (Lipinski definition) is 1. The Bertz CT molecular complexity index is 1190. The Morgan fingerprint density at radius 3 is 2.39 bits per heavy atom. The third-order valence-electron chi connectivity index (χ3n) is 4.91. The molecule has 1 unspecified atom stereocenters. The molecule has 1 aromatic heterocycles. The van der Waals surface area contributed by atoms with E-state index in [9.17, 15) is 9.59 Å². The lowest BCUT2D eigenvalue weighted by Gasteiger charge is -2.16. The van der Waals surface area contributed by atoms with E-state index < -0.39 is 12.1 Å². The van der Waals surface area contributed by atoms with Crippen molar-refractivity contribution in [2.24, 2.45) is 0 Å². The number of nitrogens with one attached hydrogen (secondary N) is 1. The molecule has 0 aliphatic heterocycles. The molecule has 1 N–H and O–H groups in total. The van der Waals surface area contributed by atoms with Gasteiger partial charge in [-0.3, -0.25) is 4.79 Å². The number of ether oxygens (including phenoxy) is 1. The number of oxazole rings is 1. The molecule has 0 fully saturated rings. The fourth-order valence-corrected chi connectivity index (χ4v) is 3.25. The highest BCUT2D eigenvalue weighted by Gasteiger charge is 2.18. The Morgan fingerprint density at radius 1 is 0.968 bits per heavy atom. The van der Waals surface area contributed by atoms with Gasteiger partial charge in [0.1, 0.15) is 12.1 Å². The van der Waals surface area contributed by atoms with Crippen molar-refractivity contribution in [3.8, 4) is 11.5 Å². The van der Waals surface area contributed by atoms with Crippen LogP contribution in [-0.2, 0) is 22.6 Å². The summed E-state index contributed by atoms with van der Waals surface area (Å²) in [5.74, 6) is 0.412. The Hall–Kier alpha value is -3.93. The molecule has 0 bridgehead atoms. The summed E-state index contributed by atoms with van der Waals surface area (Å²) in [6.07, 6.45) is -0.223. The van der Waals surface area contributed by atoms with Crippen molar-refractivity contribution in [1.82, 2.24) is 10.3 Å². The summed E-state index contributed by atoms with van der Waals surface area (Å²) in [6, 6.07) is 24.0. The Morgan fingerprint density at radius 2 is 1.68 bits per heavy atom. The van der Waals surface area contributed by atoms with Crippen LogP contribution in [0, 0.1) is 0 Å². The van der Waals surface area contributed by atoms with Gasteiger partial charge in [-0.15, -0.1) is 0 Å². The number of benzene rings is 3. The number of carbonyl (C=O) groups is 2. The van der Waals surface area contributed by atoms with E-state index in [2.05, 4.69) is 10.3 Å². The second-order valence-corrected chi connectivity index (χ2v) is 7.26. The van der Waals surface area contributed by atoms with Gasteiger partial charge in [-0.2, -0.15) is 0 Å². The number of hydrogen-bond acceptors (Lipinski definition) is 5. The molecule has 1 atom stereocenters. The molecule has 3 aromatic carbocycles. The Labute approximate surface area is 179 Å². The zero-order valence-electron chi connectivity index (χ0n) is 17.1. The summed E-state index contributed by atoms with van der Waals surface area (Å²) in [7, 11) is 0. The average molecular weight is 414 g/mol. The molecule has 6 heteroatoms. The molecule has 1 amide bonds. The predicted molar refractivity (Wildman–Crippen MR) is 117 cm³/mol. The molecule has 0 saturated heterocycles. The van der Waals surface area contributed by atoms with Crippen LogP contribution in [0.25, 0.3) is 22.6 Å². The molecule has 0 saturated carbocycles. The van der Waals surface area contributed by atoms with Gasteiger partial charge in [-0.05, 0) is 48.7 Å². The molecule has 156 valence electrons. The fraction of sp³-hybridized carbons (Fsp3) is 0.160. The fourth-order valence-electron chi connectivity index (χ4n) is 3.25. The molecule has 0 spiro atoms. The largest absolute Gasteiger partial charge is 0.445 e. The van der Waals surface area contributed by atoms with E-state index in [4.69, 9.17) is 9.15 Å². The summed E-state index contributed by atoms with van der Waals surface area (Å²) in [4.78, 5) is 28.7. The van der Waals surface area contributed by atoms with Gasteiger partial charge in [0.05, 0.1) is 6.04 Å².